The van der Waals surface area contributed by atoms with E-state index in [1.165, 1.54) is 32.0 Å². The normalized spacial score (nSPS) is 16.0. The Hall–Kier alpha value is -3.58. The van der Waals surface area contributed by atoms with Crippen LogP contribution in [-0.4, -0.2) is 68.0 Å². The molecule has 0 saturated carbocycles. The van der Waals surface area contributed by atoms with Gasteiger partial charge in [-0.05, 0) is 82.5 Å². The largest absolute Gasteiger partial charge is 0.703 e. The van der Waals surface area contributed by atoms with Crippen LogP contribution >= 0.6 is 8.25 Å². The number of pyridine rings is 1. The first-order chi connectivity index (χ1) is 22.9. The van der Waals surface area contributed by atoms with E-state index in [4.69, 9.17) is 9.05 Å². The predicted octanol–water partition coefficient (Wildman–Crippen LogP) is 8.75. The lowest BCUT2D eigenvalue weighted by Crippen LogP contribution is -2.58. The van der Waals surface area contributed by atoms with Crippen molar-refractivity contribution in [3.63, 3.8) is 0 Å². The Kier molecular flexibility index (Phi) is 11.1. The predicted molar refractivity (Wildman–Crippen MR) is 180 cm³/mol. The molecule has 1 fully saturated rings. The maximum atomic E-state index is 14.1. The number of carbonyl (C=O) groups is 1. The number of alkyl halides is 6. The average molecular weight is 729 g/mol. The number of amides is 1. The molecule has 3 aromatic rings. The van der Waals surface area contributed by atoms with Crippen molar-refractivity contribution in [2.45, 2.75) is 64.9 Å². The van der Waals surface area contributed by atoms with Crippen LogP contribution in [0.2, 0.25) is 0 Å². The minimum atomic E-state index is -5.06. The van der Waals surface area contributed by atoms with E-state index in [9.17, 15) is 35.7 Å². The first-order valence-corrected chi connectivity index (χ1v) is 17.0. The molecule has 1 amide bonds. The number of hydrogen-bond acceptors (Lipinski definition) is 6. The Morgan fingerprint density at radius 3 is 1.96 bits per heavy atom. The average Bonchev–Trinajstić information content (AvgIpc) is 3.01. The third kappa shape index (κ3) is 9.20. The van der Waals surface area contributed by atoms with Gasteiger partial charge in [-0.1, -0.05) is 28.8 Å². The van der Waals surface area contributed by atoms with Gasteiger partial charge >= 0.3 is 20.6 Å². The van der Waals surface area contributed by atoms with E-state index in [-0.39, 0.29) is 12.8 Å². The SMILES string of the molecule is Cc1ccccc1-c1cc(N2CC[N+](C)(CO[P+](=O)OC(C)(C)C)CC2)ncc1N(C)C(=O)C(C)(C)c1cc(C(F)(F)F)cc(C(F)(F)F)c1. The van der Waals surface area contributed by atoms with Crippen molar-refractivity contribution < 1.29 is 49.2 Å². The lowest BCUT2D eigenvalue weighted by Gasteiger charge is -2.40. The number of halogens is 6. The van der Waals surface area contributed by atoms with E-state index in [0.29, 0.717) is 59.9 Å². The van der Waals surface area contributed by atoms with Gasteiger partial charge in [-0.2, -0.15) is 26.3 Å². The van der Waals surface area contributed by atoms with E-state index in [2.05, 4.69) is 9.88 Å². The quantitative estimate of drug-likeness (QED) is 0.125. The molecule has 1 unspecified atom stereocenters. The lowest BCUT2D eigenvalue weighted by atomic mass is 9.81. The summed E-state index contributed by atoms with van der Waals surface area (Å²) < 4.78 is 106. The van der Waals surface area contributed by atoms with Gasteiger partial charge in [0.2, 0.25) is 12.6 Å². The highest BCUT2D eigenvalue weighted by molar-refractivity contribution is 7.33. The first-order valence-electron chi connectivity index (χ1n) is 15.9. The summed E-state index contributed by atoms with van der Waals surface area (Å²) in [6.07, 6.45) is -8.62. The summed E-state index contributed by atoms with van der Waals surface area (Å²) in [5.74, 6) is -0.108. The van der Waals surface area contributed by atoms with Crippen molar-refractivity contribution in [1.29, 1.82) is 0 Å². The van der Waals surface area contributed by atoms with Gasteiger partial charge in [0.15, 0.2) is 0 Å². The molecule has 15 heteroatoms. The molecule has 8 nitrogen and oxygen atoms in total. The van der Waals surface area contributed by atoms with Crippen molar-refractivity contribution in [2.75, 3.05) is 56.8 Å². The topological polar surface area (TPSA) is 72.0 Å². The summed E-state index contributed by atoms with van der Waals surface area (Å²) in [7, 11) is 1.14. The molecule has 1 aromatic heterocycles. The molecule has 0 spiro atoms. The van der Waals surface area contributed by atoms with Gasteiger partial charge in [0.25, 0.3) is 0 Å². The first kappa shape index (κ1) is 39.2. The van der Waals surface area contributed by atoms with E-state index in [1.54, 1.807) is 20.8 Å². The van der Waals surface area contributed by atoms with Crippen LogP contribution in [-0.2, 0) is 36.2 Å². The van der Waals surface area contributed by atoms with Crippen molar-refractivity contribution >= 4 is 25.7 Å². The van der Waals surface area contributed by atoms with Crippen molar-refractivity contribution in [2.24, 2.45) is 0 Å². The second-order valence-electron chi connectivity index (χ2n) is 14.4. The van der Waals surface area contributed by atoms with Crippen molar-refractivity contribution in [1.82, 2.24) is 4.98 Å². The van der Waals surface area contributed by atoms with Crippen molar-refractivity contribution in [3.8, 4) is 11.1 Å². The van der Waals surface area contributed by atoms with Crippen LogP contribution in [0.4, 0.5) is 37.8 Å². The van der Waals surface area contributed by atoms with Crippen molar-refractivity contribution in [3.05, 3.63) is 77.0 Å². The second-order valence-corrected chi connectivity index (χ2v) is 15.3. The molecular weight excluding hydrogens is 685 g/mol. The number of piperazine rings is 1. The van der Waals surface area contributed by atoms with Crippen LogP contribution in [0.5, 0.6) is 0 Å². The molecule has 0 radical (unpaired) electrons. The highest BCUT2D eigenvalue weighted by Gasteiger charge is 2.42. The zero-order valence-electron chi connectivity index (χ0n) is 29.4. The number of aryl methyl sites for hydroxylation is 1. The number of benzene rings is 2. The number of aromatic nitrogens is 1. The van der Waals surface area contributed by atoms with Gasteiger partial charge in [-0.3, -0.25) is 9.28 Å². The van der Waals surface area contributed by atoms with Gasteiger partial charge in [0, 0.05) is 17.2 Å². The fourth-order valence-corrected chi connectivity index (χ4v) is 6.55. The molecule has 0 N–H and O–H groups in total. The Bertz CT molecular complexity index is 1700. The molecule has 1 saturated heterocycles. The molecule has 1 aliphatic heterocycles. The molecule has 0 bridgehead atoms. The monoisotopic (exact) mass is 728 g/mol. The molecule has 2 heterocycles. The number of likely N-dealkylation sites (N-methyl/N-ethyl adjacent to an activating group) is 2. The van der Waals surface area contributed by atoms with Crippen LogP contribution in [0.15, 0.2) is 54.7 Å². The summed E-state index contributed by atoms with van der Waals surface area (Å²) in [6.45, 7) is 12.5. The number of quaternary nitrogens is 1. The minimum absolute atomic E-state index is 0.0463. The maximum Gasteiger partial charge on any atom is 0.703 e. The fourth-order valence-electron chi connectivity index (χ4n) is 5.68. The number of nitrogens with zero attached hydrogens (tertiary/aromatic N) is 4. The number of hydrogen-bond donors (Lipinski definition) is 0. The molecule has 272 valence electrons. The van der Waals surface area contributed by atoms with E-state index < -0.39 is 54.2 Å². The van der Waals surface area contributed by atoms with E-state index in [0.717, 1.165) is 11.1 Å². The van der Waals surface area contributed by atoms with Gasteiger partial charge in [0.05, 0.1) is 61.7 Å². The minimum Gasteiger partial charge on any atom is -0.345 e. The second kappa shape index (κ2) is 14.2. The van der Waals surface area contributed by atoms with E-state index in [1.807, 2.05) is 44.3 Å². The molecule has 50 heavy (non-hydrogen) atoms. The third-order valence-corrected chi connectivity index (χ3v) is 9.80. The van der Waals surface area contributed by atoms with Crippen LogP contribution in [0.3, 0.4) is 0 Å². The maximum absolute atomic E-state index is 14.1. The molecule has 1 atom stereocenters. The number of carbonyl (C=O) groups excluding carboxylic acids is 1. The Morgan fingerprint density at radius 1 is 0.900 bits per heavy atom. The molecular formula is C35H43F6N4O4P+2. The zero-order chi connectivity index (χ0) is 37.4. The van der Waals surface area contributed by atoms with Crippen LogP contribution in [0.25, 0.3) is 11.1 Å². The standard InChI is InChI=1S/C35H43F6N4O4P/c1-23-11-9-10-12-27(23)28-20-30(44-13-15-45(8,16-14-44)22-48-50(47)49-32(2,3)4)42-21-29(28)43(7)31(46)33(5,6)24-17-25(34(36,37)38)19-26(18-24)35(39,40)41/h9-12,17-21H,13-16,22H2,1-8H3/q+2. The van der Waals surface area contributed by atoms with Crippen LogP contribution in [0.1, 0.15) is 56.9 Å². The van der Waals surface area contributed by atoms with E-state index >= 15 is 0 Å². The summed E-state index contributed by atoms with van der Waals surface area (Å²) in [5, 5.41) is 0. The van der Waals surface area contributed by atoms with Gasteiger partial charge in [-0.25, -0.2) is 4.98 Å². The van der Waals surface area contributed by atoms with Crippen LogP contribution in [0, 0.1) is 6.92 Å². The summed E-state index contributed by atoms with van der Waals surface area (Å²) in [5.41, 5.74) is -3.22. The summed E-state index contributed by atoms with van der Waals surface area (Å²) in [4.78, 5) is 22.0. The third-order valence-electron chi connectivity index (χ3n) is 8.78. The fraction of sp³-hybridized carbons (Fsp3) is 0.486. The number of anilines is 2. The van der Waals surface area contributed by atoms with Crippen LogP contribution < -0.4 is 9.80 Å². The highest BCUT2D eigenvalue weighted by Crippen LogP contribution is 2.41. The lowest BCUT2D eigenvalue weighted by molar-refractivity contribution is -0.925. The van der Waals surface area contributed by atoms with Gasteiger partial charge in [-0.15, -0.1) is 4.52 Å². The zero-order valence-corrected chi connectivity index (χ0v) is 30.3. The molecule has 1 aliphatic rings. The Morgan fingerprint density at radius 2 is 1.44 bits per heavy atom. The summed E-state index contributed by atoms with van der Waals surface area (Å²) >= 11 is 0. The molecule has 2 aromatic carbocycles. The number of rotatable bonds is 9. The molecule has 4 rings (SSSR count). The molecule has 0 aliphatic carbocycles. The Balaban J connectivity index is 1.65. The Labute approximate surface area is 289 Å². The van der Waals surface area contributed by atoms with Gasteiger partial charge in [0.1, 0.15) is 11.4 Å². The smallest absolute Gasteiger partial charge is 0.345 e. The van der Waals surface area contributed by atoms with Gasteiger partial charge < -0.3 is 9.80 Å². The summed E-state index contributed by atoms with van der Waals surface area (Å²) in [6, 6.07) is 10.5. The highest BCUT2D eigenvalue weighted by atomic mass is 31.1.